The first-order valence-corrected chi connectivity index (χ1v) is 36.2. The summed E-state index contributed by atoms with van der Waals surface area (Å²) in [4.78, 5) is 32.6. The number of carbonyl (C=O) groups excluding carboxylic acids is 2. The smallest absolute Gasteiger partial charge is 0.226 e. The van der Waals surface area contributed by atoms with E-state index in [9.17, 15) is 19.8 Å². The molecular formula is C86H100N12O6. The third-order valence-electron chi connectivity index (χ3n) is 25.0. The van der Waals surface area contributed by atoms with Gasteiger partial charge in [0.1, 0.15) is 11.5 Å². The molecule has 0 spiro atoms. The van der Waals surface area contributed by atoms with Crippen LogP contribution in [0.2, 0.25) is 0 Å². The Morgan fingerprint density at radius 3 is 1.27 bits per heavy atom. The normalized spacial score (nSPS) is 26.8. The molecule has 0 bridgehead atoms. The van der Waals surface area contributed by atoms with E-state index in [1.165, 1.54) is 48.0 Å². The number of aryl methyl sites for hydroxylation is 4. The lowest BCUT2D eigenvalue weighted by Gasteiger charge is -2.52. The maximum atomic E-state index is 12.8. The van der Waals surface area contributed by atoms with Crippen molar-refractivity contribution in [3.05, 3.63) is 267 Å². The van der Waals surface area contributed by atoms with Crippen molar-refractivity contribution >= 4 is 11.6 Å². The van der Waals surface area contributed by atoms with Gasteiger partial charge in [0, 0.05) is 87.7 Å². The number of fused-ring (bicyclic) bond motifs is 13. The number of nitrogens with zero attached hydrogens (tertiary/aromatic N) is 11. The molecule has 17 rings (SSSR count). The van der Waals surface area contributed by atoms with Gasteiger partial charge in [-0.15, -0.1) is 0 Å². The van der Waals surface area contributed by atoms with Crippen LogP contribution in [0.3, 0.4) is 0 Å². The van der Waals surface area contributed by atoms with Crippen LogP contribution in [0.1, 0.15) is 187 Å². The van der Waals surface area contributed by atoms with E-state index in [0.29, 0.717) is 30.0 Å². The van der Waals surface area contributed by atoms with Crippen LogP contribution in [0.5, 0.6) is 0 Å². The zero-order valence-corrected chi connectivity index (χ0v) is 62.7. The number of carbonyl (C=O) groups is 2. The number of aliphatic hydroxyl groups excluding tert-OH is 2. The number of hydroxylamine groups is 1. The van der Waals surface area contributed by atoms with Gasteiger partial charge in [-0.2, -0.15) is 20.4 Å². The number of benzene rings is 4. The lowest BCUT2D eigenvalue weighted by molar-refractivity contribution is -0.131. The fourth-order valence-electron chi connectivity index (χ4n) is 20.2. The number of rotatable bonds is 4. The van der Waals surface area contributed by atoms with Gasteiger partial charge in [-0.25, -0.2) is 33.9 Å². The number of aromatic nitrogens is 9. The van der Waals surface area contributed by atoms with Crippen molar-refractivity contribution in [3.63, 3.8) is 0 Å². The van der Waals surface area contributed by atoms with Crippen molar-refractivity contribution in [1.29, 1.82) is 0 Å². The molecule has 0 unspecified atom stereocenters. The second-order valence-electron chi connectivity index (χ2n) is 32.7. The molecular weight excluding hydrogens is 1300 g/mol. The Bertz CT molecular complexity index is 4890. The van der Waals surface area contributed by atoms with E-state index < -0.39 is 16.2 Å². The average Bonchev–Trinajstić information content (AvgIpc) is 1.71. The maximum absolute atomic E-state index is 12.8. The maximum Gasteiger partial charge on any atom is 0.226 e. The Kier molecular flexibility index (Phi) is 19.2. The molecule has 0 aliphatic heterocycles. The Balaban J connectivity index is 0.000000129. The zero-order chi connectivity index (χ0) is 75.4. The van der Waals surface area contributed by atoms with Crippen molar-refractivity contribution < 1.29 is 30.9 Å². The molecule has 0 radical (unpaired) electrons. The van der Waals surface area contributed by atoms with Crippen LogP contribution in [-0.4, -0.2) is 78.3 Å². The van der Waals surface area contributed by atoms with Crippen molar-refractivity contribution in [2.45, 2.75) is 188 Å². The summed E-state index contributed by atoms with van der Waals surface area (Å²) in [5.74, 6) is 2.55. The molecule has 5 heterocycles. The molecule has 18 heteroatoms. The third-order valence-corrected chi connectivity index (χ3v) is 25.0. The molecule has 104 heavy (non-hydrogen) atoms. The predicted molar refractivity (Wildman–Crippen MR) is 404 cm³/mol. The first kappa shape index (κ1) is 72.3. The quantitative estimate of drug-likeness (QED) is 0.0561. The lowest BCUT2D eigenvalue weighted by atomic mass is 9.50. The minimum absolute atomic E-state index is 0.0208. The average molecular weight is 1400 g/mol. The summed E-state index contributed by atoms with van der Waals surface area (Å²) in [6.45, 7) is 40.6. The summed E-state index contributed by atoms with van der Waals surface area (Å²) in [5.41, 5.74) is 15.8. The van der Waals surface area contributed by atoms with E-state index >= 15 is 0 Å². The van der Waals surface area contributed by atoms with Gasteiger partial charge in [0.05, 0.1) is 71.1 Å². The Labute approximate surface area is 613 Å². The largest absolute Gasteiger partial charge is 0.523 e. The highest BCUT2D eigenvalue weighted by molar-refractivity contribution is 6.03. The number of para-hydroxylation sites is 4. The summed E-state index contributed by atoms with van der Waals surface area (Å²) >= 11 is 0. The molecule has 8 atom stereocenters. The predicted octanol–water partition coefficient (Wildman–Crippen LogP) is 17.5. The summed E-state index contributed by atoms with van der Waals surface area (Å²) in [5, 5.41) is 51.5. The molecule has 8 aliphatic rings. The molecule has 0 amide bonds. The van der Waals surface area contributed by atoms with Crippen LogP contribution in [-0.2, 0) is 68.8 Å². The summed E-state index contributed by atoms with van der Waals surface area (Å²) in [6, 6.07) is 40.7. The van der Waals surface area contributed by atoms with Crippen LogP contribution < -0.4 is 5.48 Å². The standard InChI is InChI=1S/2C21H23N3O.C21H21N3O.C21H24N2O2.CH5NO.CH4/c1-20(2)17-10-9-14-13-24(16-7-5-4-6-8-16)23-18(14)21(17,3)11-15-12-22-25-19(15)20;2*1-20(2)17-11-10-14-13-24(15-8-6-5-7-9-15)23-18(14)21(17,3)12-16(22-4)19(20)25;1-20(2)17-10-9-14-12-23(16-7-5-4-6-8-16)22-18(14)21(17,3)11-15(13-24)19(20)25;1-2-3;/h4-8,12-13,17H,9-11H2,1-3H3;5-9,13,17,25H,10-12H2,1-3H3;5-9,12-13,17H,10-11H2,1-3H3;4-8,12-13,17,24H,9-11H2,1-3H3;2-3H,1H3;1H4/b;;;15-13-;;/t4*17-,21-;;/m0000../s1/i;;;;;1T. The van der Waals surface area contributed by atoms with Gasteiger partial charge >= 0.3 is 0 Å². The number of ketones is 2. The molecule has 4 N–H and O–H groups in total. The number of nitrogens with one attached hydrogen (secondary N) is 1. The molecule has 0 saturated heterocycles. The second kappa shape index (κ2) is 27.6. The fraction of sp³-hybridized carbons (Fsp3) is 0.430. The number of hydrogen-bond donors (Lipinski definition) is 4. The third kappa shape index (κ3) is 12.2. The van der Waals surface area contributed by atoms with Crippen molar-refractivity contribution in [1.82, 2.24) is 49.8 Å². The fourth-order valence-corrected chi connectivity index (χ4v) is 20.2. The van der Waals surface area contributed by atoms with E-state index in [1.807, 2.05) is 139 Å². The number of hydrogen-bond acceptors (Lipinski definition) is 12. The van der Waals surface area contributed by atoms with Crippen LogP contribution >= 0.6 is 0 Å². The van der Waals surface area contributed by atoms with Crippen LogP contribution in [0.15, 0.2) is 192 Å². The highest BCUT2D eigenvalue weighted by Gasteiger charge is 2.60. The minimum atomic E-state index is -0.544. The van der Waals surface area contributed by atoms with Gasteiger partial charge in [-0.05, 0) is 165 Å². The monoisotopic (exact) mass is 1400 g/mol. The number of allylic oxidation sites excluding steroid dienone is 5. The highest BCUT2D eigenvalue weighted by atomic mass is 16.5. The van der Waals surface area contributed by atoms with Crippen LogP contribution in [0.25, 0.3) is 32.4 Å². The van der Waals surface area contributed by atoms with Crippen LogP contribution in [0, 0.1) is 53.1 Å². The van der Waals surface area contributed by atoms with Gasteiger partial charge in [0.2, 0.25) is 11.4 Å². The van der Waals surface area contributed by atoms with Crippen molar-refractivity contribution in [3.8, 4) is 22.7 Å². The lowest BCUT2D eigenvalue weighted by Crippen LogP contribution is -2.53. The zero-order valence-electron chi connectivity index (χ0n) is 63.7. The Morgan fingerprint density at radius 1 is 0.510 bits per heavy atom. The molecule has 540 valence electrons. The van der Waals surface area contributed by atoms with Crippen molar-refractivity contribution in [2.24, 2.45) is 39.9 Å². The second-order valence-corrected chi connectivity index (χ2v) is 32.7. The molecule has 4 aromatic carbocycles. The summed E-state index contributed by atoms with van der Waals surface area (Å²) in [7, 11) is 2.68. The van der Waals surface area contributed by atoms with E-state index in [0.717, 1.165) is 110 Å². The SMILES string of the molecule is CC1(C)C(=O)/C(=C\O)C[C@]2(C)c3nn(-c4ccccc4)cc3CC[C@@H]12.CC1(C)c2oncc2C[C@]2(C)c3nn(-c4ccccc4)cc3CC[C@@H]12.CNO.[3H]C.[C-]#[N+]C1=C(O)C(C)(C)[C@@H]2CCc3cn(-c4ccccc4)nc3[C@@]2(C)C1.[C-]#[N+]C1=C[C@]2(C)c3nn(-c4ccccc4)cc3CC[C@H]2C(C)(C)C1=O. The van der Waals surface area contributed by atoms with Gasteiger partial charge in [0.15, 0.2) is 11.6 Å². The van der Waals surface area contributed by atoms with E-state index in [1.54, 1.807) is 5.48 Å². The number of aliphatic hydroxyl groups is 2. The molecule has 8 aliphatic carbocycles. The van der Waals surface area contributed by atoms with Gasteiger partial charge in [0.25, 0.3) is 0 Å². The first-order valence-electron chi connectivity index (χ1n) is 37.2. The molecule has 9 aromatic rings. The Hall–Kier alpha value is -10.0. The summed E-state index contributed by atoms with van der Waals surface area (Å²) in [6.07, 6.45) is 23.4. The van der Waals surface area contributed by atoms with Crippen molar-refractivity contribution in [2.75, 3.05) is 7.05 Å². The van der Waals surface area contributed by atoms with Gasteiger partial charge < -0.3 is 24.7 Å². The highest BCUT2D eigenvalue weighted by Crippen LogP contribution is 2.61. The first-order chi connectivity index (χ1) is 50.0. The molecule has 5 aromatic heterocycles. The van der Waals surface area contributed by atoms with E-state index in [2.05, 4.69) is 136 Å². The van der Waals surface area contributed by atoms with E-state index in [-0.39, 0.29) is 67.9 Å². The van der Waals surface area contributed by atoms with Crippen LogP contribution in [0.4, 0.5) is 0 Å². The molecule has 1 saturated carbocycles. The minimum Gasteiger partial charge on any atom is -0.523 e. The van der Waals surface area contributed by atoms with Gasteiger partial charge in [-0.1, -0.05) is 175 Å². The van der Waals surface area contributed by atoms with E-state index in [4.69, 9.17) is 44.6 Å². The molecule has 1 fully saturated rings. The summed E-state index contributed by atoms with van der Waals surface area (Å²) < 4.78 is 19.3. The number of Topliss-reactive ketones (excluding diaryl/α,β-unsaturated/α-hetero) is 2. The molecule has 18 nitrogen and oxygen atoms in total. The van der Waals surface area contributed by atoms with Gasteiger partial charge in [-0.3, -0.25) is 4.79 Å². The topological polar surface area (TPSA) is 213 Å². The Morgan fingerprint density at radius 2 is 0.865 bits per heavy atom.